The highest BCUT2D eigenvalue weighted by atomic mass is 16.5. The molecule has 0 heterocycles. The SMILES string of the molecule is CCOC(=O)[C@@H](c1ccccc1)[C@H](Nc1ccc(OC)cc1)c1ccccc1. The number of methoxy groups -OCH3 is 1. The molecule has 0 unspecified atom stereocenters. The van der Waals surface area contributed by atoms with Crippen molar-refractivity contribution in [2.24, 2.45) is 0 Å². The zero-order chi connectivity index (χ0) is 19.8. The Labute approximate surface area is 166 Å². The molecule has 0 bridgehead atoms. The molecule has 3 aromatic carbocycles. The van der Waals surface area contributed by atoms with Crippen LogP contribution in [0.1, 0.15) is 30.0 Å². The molecular formula is C24H25NO3. The lowest BCUT2D eigenvalue weighted by molar-refractivity contribution is -0.145. The average molecular weight is 375 g/mol. The first-order valence-electron chi connectivity index (χ1n) is 9.40. The van der Waals surface area contributed by atoms with Crippen LogP contribution in [0.3, 0.4) is 0 Å². The van der Waals surface area contributed by atoms with Gasteiger partial charge in [-0.15, -0.1) is 0 Å². The number of nitrogens with one attached hydrogen (secondary N) is 1. The maximum atomic E-state index is 13.0. The molecule has 4 heteroatoms. The van der Waals surface area contributed by atoms with E-state index in [1.165, 1.54) is 0 Å². The fourth-order valence-corrected chi connectivity index (χ4v) is 3.24. The zero-order valence-corrected chi connectivity index (χ0v) is 16.2. The highest BCUT2D eigenvalue weighted by Gasteiger charge is 2.32. The number of ether oxygens (including phenoxy) is 2. The first kappa shape index (κ1) is 19.5. The third-order valence-electron chi connectivity index (χ3n) is 4.60. The summed E-state index contributed by atoms with van der Waals surface area (Å²) in [5.41, 5.74) is 2.83. The molecule has 0 saturated heterocycles. The molecule has 0 fully saturated rings. The molecule has 4 nitrogen and oxygen atoms in total. The van der Waals surface area contributed by atoms with E-state index in [2.05, 4.69) is 5.32 Å². The standard InChI is InChI=1S/C24H25NO3/c1-3-28-24(26)22(18-10-6-4-7-11-18)23(19-12-8-5-9-13-19)25-20-14-16-21(27-2)17-15-20/h4-17,22-23,25H,3H2,1-2H3/t22-,23+/m0/s1. The van der Waals surface area contributed by atoms with Crippen molar-refractivity contribution >= 4 is 11.7 Å². The van der Waals surface area contributed by atoms with Gasteiger partial charge >= 0.3 is 5.97 Å². The number of hydrogen-bond donors (Lipinski definition) is 1. The van der Waals surface area contributed by atoms with Gasteiger partial charge in [0.1, 0.15) is 11.7 Å². The highest BCUT2D eigenvalue weighted by Crippen LogP contribution is 2.35. The lowest BCUT2D eigenvalue weighted by Gasteiger charge is -2.28. The number of hydrogen-bond acceptors (Lipinski definition) is 4. The highest BCUT2D eigenvalue weighted by molar-refractivity contribution is 5.80. The predicted molar refractivity (Wildman–Crippen MR) is 112 cm³/mol. The average Bonchev–Trinajstić information content (AvgIpc) is 2.75. The molecule has 0 spiro atoms. The van der Waals surface area contributed by atoms with Crippen LogP contribution in [0, 0.1) is 0 Å². The van der Waals surface area contributed by atoms with Crippen LogP contribution >= 0.6 is 0 Å². The Morgan fingerprint density at radius 2 is 1.43 bits per heavy atom. The van der Waals surface area contributed by atoms with Gasteiger partial charge in [-0.2, -0.15) is 0 Å². The number of rotatable bonds is 8. The molecule has 3 aromatic rings. The van der Waals surface area contributed by atoms with Gasteiger partial charge in [0.25, 0.3) is 0 Å². The molecule has 0 aliphatic heterocycles. The Morgan fingerprint density at radius 1 is 0.857 bits per heavy atom. The van der Waals surface area contributed by atoms with Crippen molar-refractivity contribution in [1.82, 2.24) is 0 Å². The van der Waals surface area contributed by atoms with Crippen LogP contribution in [0.15, 0.2) is 84.9 Å². The lowest BCUT2D eigenvalue weighted by atomic mass is 9.86. The zero-order valence-electron chi connectivity index (χ0n) is 16.2. The van der Waals surface area contributed by atoms with Crippen LogP contribution in [-0.2, 0) is 9.53 Å². The van der Waals surface area contributed by atoms with E-state index in [1.807, 2.05) is 91.9 Å². The lowest BCUT2D eigenvalue weighted by Crippen LogP contribution is -2.27. The monoisotopic (exact) mass is 375 g/mol. The van der Waals surface area contributed by atoms with E-state index >= 15 is 0 Å². The molecule has 1 N–H and O–H groups in total. The summed E-state index contributed by atoms with van der Waals surface area (Å²) in [6.45, 7) is 2.17. The van der Waals surface area contributed by atoms with E-state index in [4.69, 9.17) is 9.47 Å². The maximum absolute atomic E-state index is 13.0. The molecule has 0 aliphatic carbocycles. The Morgan fingerprint density at radius 3 is 1.96 bits per heavy atom. The smallest absolute Gasteiger partial charge is 0.315 e. The van der Waals surface area contributed by atoms with Gasteiger partial charge in [-0.1, -0.05) is 60.7 Å². The number of carbonyl (C=O) groups is 1. The minimum Gasteiger partial charge on any atom is -0.497 e. The van der Waals surface area contributed by atoms with Gasteiger partial charge in [0, 0.05) is 5.69 Å². The third kappa shape index (κ3) is 4.71. The number of anilines is 1. The molecule has 144 valence electrons. The molecule has 3 rings (SSSR count). The fraction of sp³-hybridized carbons (Fsp3) is 0.208. The molecular weight excluding hydrogens is 350 g/mol. The maximum Gasteiger partial charge on any atom is 0.315 e. The van der Waals surface area contributed by atoms with Crippen LogP contribution in [0.5, 0.6) is 5.75 Å². The van der Waals surface area contributed by atoms with Crippen molar-refractivity contribution < 1.29 is 14.3 Å². The summed E-state index contributed by atoms with van der Waals surface area (Å²) in [7, 11) is 1.64. The topological polar surface area (TPSA) is 47.6 Å². The van der Waals surface area contributed by atoms with E-state index in [1.54, 1.807) is 7.11 Å². The van der Waals surface area contributed by atoms with Crippen LogP contribution < -0.4 is 10.1 Å². The first-order chi connectivity index (χ1) is 13.7. The van der Waals surface area contributed by atoms with Crippen molar-refractivity contribution in [2.45, 2.75) is 18.9 Å². The van der Waals surface area contributed by atoms with Crippen molar-refractivity contribution in [1.29, 1.82) is 0 Å². The van der Waals surface area contributed by atoms with E-state index in [-0.39, 0.29) is 12.0 Å². The van der Waals surface area contributed by atoms with Gasteiger partial charge in [-0.3, -0.25) is 4.79 Å². The van der Waals surface area contributed by atoms with Gasteiger partial charge in [-0.25, -0.2) is 0 Å². The minimum absolute atomic E-state index is 0.247. The number of benzene rings is 3. The van der Waals surface area contributed by atoms with Crippen molar-refractivity contribution in [3.63, 3.8) is 0 Å². The van der Waals surface area contributed by atoms with E-state index in [0.29, 0.717) is 6.61 Å². The molecule has 0 amide bonds. The first-order valence-corrected chi connectivity index (χ1v) is 9.40. The summed E-state index contributed by atoms with van der Waals surface area (Å²) in [4.78, 5) is 13.0. The van der Waals surface area contributed by atoms with E-state index in [0.717, 1.165) is 22.6 Å². The predicted octanol–water partition coefficient (Wildman–Crippen LogP) is 5.20. The second-order valence-corrected chi connectivity index (χ2v) is 6.40. The van der Waals surface area contributed by atoms with Crippen LogP contribution in [0.25, 0.3) is 0 Å². The summed E-state index contributed by atoms with van der Waals surface area (Å²) >= 11 is 0. The summed E-state index contributed by atoms with van der Waals surface area (Å²) < 4.78 is 10.7. The quantitative estimate of drug-likeness (QED) is 0.550. The normalized spacial score (nSPS) is 12.6. The van der Waals surface area contributed by atoms with Crippen molar-refractivity contribution in [3.05, 3.63) is 96.1 Å². The van der Waals surface area contributed by atoms with E-state index in [9.17, 15) is 4.79 Å². The minimum atomic E-state index is -0.481. The van der Waals surface area contributed by atoms with Crippen molar-refractivity contribution in [2.75, 3.05) is 19.0 Å². The fourth-order valence-electron chi connectivity index (χ4n) is 3.24. The largest absolute Gasteiger partial charge is 0.497 e. The summed E-state index contributed by atoms with van der Waals surface area (Å²) in [5.74, 6) is 0.0565. The molecule has 0 radical (unpaired) electrons. The Balaban J connectivity index is 2.02. The summed E-state index contributed by atoms with van der Waals surface area (Å²) in [6, 6.07) is 27.1. The molecule has 2 atom stereocenters. The molecule has 0 saturated carbocycles. The van der Waals surface area contributed by atoms with Crippen LogP contribution in [0.2, 0.25) is 0 Å². The number of carbonyl (C=O) groups excluding carboxylic acids is 1. The Bertz CT molecular complexity index is 863. The Hall–Kier alpha value is -3.27. The van der Waals surface area contributed by atoms with Gasteiger partial charge in [0.15, 0.2) is 0 Å². The number of esters is 1. The van der Waals surface area contributed by atoms with E-state index < -0.39 is 5.92 Å². The molecule has 0 aromatic heterocycles. The van der Waals surface area contributed by atoms with Gasteiger partial charge in [0.2, 0.25) is 0 Å². The second kappa shape index (κ2) is 9.60. The summed E-state index contributed by atoms with van der Waals surface area (Å²) in [6.07, 6.45) is 0. The second-order valence-electron chi connectivity index (χ2n) is 6.40. The Kier molecular flexibility index (Phi) is 6.68. The van der Waals surface area contributed by atoms with Gasteiger partial charge < -0.3 is 14.8 Å². The van der Waals surface area contributed by atoms with Crippen LogP contribution in [-0.4, -0.2) is 19.7 Å². The van der Waals surface area contributed by atoms with Gasteiger partial charge in [-0.05, 0) is 42.3 Å². The molecule has 28 heavy (non-hydrogen) atoms. The summed E-state index contributed by atoms with van der Waals surface area (Å²) in [5, 5.41) is 3.53. The molecule has 0 aliphatic rings. The van der Waals surface area contributed by atoms with Crippen molar-refractivity contribution in [3.8, 4) is 5.75 Å². The third-order valence-corrected chi connectivity index (χ3v) is 4.60. The van der Waals surface area contributed by atoms with Crippen LogP contribution in [0.4, 0.5) is 5.69 Å². The van der Waals surface area contributed by atoms with Gasteiger partial charge in [0.05, 0.1) is 19.8 Å².